The number of rotatable bonds is 3. The van der Waals surface area contributed by atoms with Gasteiger partial charge in [-0.25, -0.2) is 9.78 Å². The minimum Gasteiger partial charge on any atom is -0.506 e. The SMILES string of the molecule is CCOC(=O)Nc1cc(O)cnc1-c1cc(=O)c2ccccc2o1. The van der Waals surface area contributed by atoms with Gasteiger partial charge in [0.1, 0.15) is 17.0 Å². The van der Waals surface area contributed by atoms with E-state index in [4.69, 9.17) is 9.15 Å². The number of anilines is 1. The largest absolute Gasteiger partial charge is 0.506 e. The highest BCUT2D eigenvalue weighted by molar-refractivity contribution is 5.90. The fourth-order valence-corrected chi connectivity index (χ4v) is 2.24. The van der Waals surface area contributed by atoms with E-state index in [9.17, 15) is 14.7 Å². The molecule has 0 aliphatic carbocycles. The van der Waals surface area contributed by atoms with Gasteiger partial charge in [0, 0.05) is 12.1 Å². The normalized spacial score (nSPS) is 10.5. The van der Waals surface area contributed by atoms with Gasteiger partial charge in [0.05, 0.1) is 23.9 Å². The molecule has 24 heavy (non-hydrogen) atoms. The zero-order chi connectivity index (χ0) is 17.1. The van der Waals surface area contributed by atoms with Gasteiger partial charge in [-0.05, 0) is 19.1 Å². The molecule has 7 nitrogen and oxygen atoms in total. The van der Waals surface area contributed by atoms with Gasteiger partial charge in [-0.1, -0.05) is 12.1 Å². The van der Waals surface area contributed by atoms with Crippen LogP contribution in [-0.2, 0) is 4.74 Å². The quantitative estimate of drug-likeness (QED) is 0.766. The number of pyridine rings is 1. The Hall–Kier alpha value is -3.35. The van der Waals surface area contributed by atoms with Gasteiger partial charge >= 0.3 is 6.09 Å². The Morgan fingerprint density at radius 2 is 2.12 bits per heavy atom. The van der Waals surface area contributed by atoms with E-state index in [-0.39, 0.29) is 34.9 Å². The van der Waals surface area contributed by atoms with Crippen molar-refractivity contribution >= 4 is 22.7 Å². The number of para-hydroxylation sites is 1. The highest BCUT2D eigenvalue weighted by Gasteiger charge is 2.15. The van der Waals surface area contributed by atoms with E-state index in [1.807, 2.05) is 0 Å². The number of benzene rings is 1. The summed E-state index contributed by atoms with van der Waals surface area (Å²) in [5.74, 6) is 0.0270. The number of carbonyl (C=O) groups excluding carboxylic acids is 1. The van der Waals surface area contributed by atoms with E-state index in [1.54, 1.807) is 31.2 Å². The first kappa shape index (κ1) is 15.5. The van der Waals surface area contributed by atoms with Crippen LogP contribution < -0.4 is 10.7 Å². The number of fused-ring (bicyclic) bond motifs is 1. The number of carbonyl (C=O) groups is 1. The van der Waals surface area contributed by atoms with Crippen molar-refractivity contribution in [3.63, 3.8) is 0 Å². The molecule has 0 radical (unpaired) electrons. The molecule has 0 aliphatic rings. The fourth-order valence-electron chi connectivity index (χ4n) is 2.24. The molecule has 0 bridgehead atoms. The molecule has 122 valence electrons. The Morgan fingerprint density at radius 1 is 1.33 bits per heavy atom. The lowest BCUT2D eigenvalue weighted by Crippen LogP contribution is -2.14. The number of hydrogen-bond acceptors (Lipinski definition) is 6. The lowest BCUT2D eigenvalue weighted by Gasteiger charge is -2.10. The molecule has 3 rings (SSSR count). The van der Waals surface area contributed by atoms with Gasteiger partial charge in [0.25, 0.3) is 0 Å². The summed E-state index contributed by atoms with van der Waals surface area (Å²) in [5.41, 5.74) is 0.552. The van der Waals surface area contributed by atoms with Crippen molar-refractivity contribution < 1.29 is 19.1 Å². The lowest BCUT2D eigenvalue weighted by atomic mass is 10.2. The Balaban J connectivity index is 2.12. The molecule has 7 heteroatoms. The zero-order valence-corrected chi connectivity index (χ0v) is 12.8. The van der Waals surface area contributed by atoms with Crippen LogP contribution in [0.1, 0.15) is 6.92 Å². The molecule has 2 heterocycles. The minimum absolute atomic E-state index is 0.145. The Morgan fingerprint density at radius 3 is 2.92 bits per heavy atom. The summed E-state index contributed by atoms with van der Waals surface area (Å²) in [5, 5.41) is 12.5. The molecule has 2 aromatic heterocycles. The molecule has 0 spiro atoms. The third-order valence-corrected chi connectivity index (χ3v) is 3.25. The molecule has 1 amide bonds. The third-order valence-electron chi connectivity index (χ3n) is 3.25. The van der Waals surface area contributed by atoms with E-state index in [1.165, 1.54) is 18.3 Å². The lowest BCUT2D eigenvalue weighted by molar-refractivity contribution is 0.168. The Labute approximate surface area is 136 Å². The van der Waals surface area contributed by atoms with Crippen molar-refractivity contribution in [2.45, 2.75) is 6.92 Å². The highest BCUT2D eigenvalue weighted by Crippen LogP contribution is 2.29. The number of amides is 1. The maximum Gasteiger partial charge on any atom is 0.411 e. The first-order valence-electron chi connectivity index (χ1n) is 7.24. The first-order valence-corrected chi connectivity index (χ1v) is 7.24. The first-order chi connectivity index (χ1) is 11.6. The molecule has 0 unspecified atom stereocenters. The molecular formula is C17H14N2O5. The summed E-state index contributed by atoms with van der Waals surface area (Å²) < 4.78 is 10.5. The predicted molar refractivity (Wildman–Crippen MR) is 88.0 cm³/mol. The zero-order valence-electron chi connectivity index (χ0n) is 12.8. The number of aromatic hydroxyl groups is 1. The second kappa shape index (κ2) is 6.41. The van der Waals surface area contributed by atoms with E-state index in [0.717, 1.165) is 0 Å². The van der Waals surface area contributed by atoms with Crippen LogP contribution in [0, 0.1) is 0 Å². The molecule has 2 N–H and O–H groups in total. The molecule has 0 saturated carbocycles. The van der Waals surface area contributed by atoms with E-state index >= 15 is 0 Å². The predicted octanol–water partition coefficient (Wildman–Crippen LogP) is 3.13. The van der Waals surface area contributed by atoms with Crippen LogP contribution in [0.2, 0.25) is 0 Å². The summed E-state index contributed by atoms with van der Waals surface area (Å²) in [6, 6.07) is 9.40. The smallest absolute Gasteiger partial charge is 0.411 e. The van der Waals surface area contributed by atoms with Crippen molar-refractivity contribution in [3.8, 4) is 17.2 Å². The van der Waals surface area contributed by atoms with Crippen LogP contribution in [0.3, 0.4) is 0 Å². The van der Waals surface area contributed by atoms with Crippen LogP contribution in [0.15, 0.2) is 51.8 Å². The third kappa shape index (κ3) is 3.05. The summed E-state index contributed by atoms with van der Waals surface area (Å²) in [6.45, 7) is 1.86. The van der Waals surface area contributed by atoms with Crippen molar-refractivity contribution in [1.82, 2.24) is 4.98 Å². The van der Waals surface area contributed by atoms with Gasteiger partial charge in [0.15, 0.2) is 11.2 Å². The average molecular weight is 326 g/mol. The van der Waals surface area contributed by atoms with Crippen molar-refractivity contribution in [2.75, 3.05) is 11.9 Å². The standard InChI is InChI=1S/C17H14N2O5/c1-2-23-17(22)19-12-7-10(20)9-18-16(12)15-8-13(21)11-5-3-4-6-14(11)24-15/h3-9,20H,2H2,1H3,(H,19,22). The number of hydrogen-bond donors (Lipinski definition) is 2. The molecule has 0 atom stereocenters. The van der Waals surface area contributed by atoms with E-state index in [2.05, 4.69) is 10.3 Å². The maximum absolute atomic E-state index is 12.2. The molecule has 3 aromatic rings. The van der Waals surface area contributed by atoms with Crippen LogP contribution in [0.25, 0.3) is 22.4 Å². The van der Waals surface area contributed by atoms with Crippen LogP contribution in [0.5, 0.6) is 5.75 Å². The summed E-state index contributed by atoms with van der Waals surface area (Å²) in [6.07, 6.45) is 0.496. The van der Waals surface area contributed by atoms with Crippen molar-refractivity contribution in [1.29, 1.82) is 0 Å². The highest BCUT2D eigenvalue weighted by atomic mass is 16.5. The average Bonchev–Trinajstić information content (AvgIpc) is 2.55. The molecule has 0 saturated heterocycles. The van der Waals surface area contributed by atoms with Gasteiger partial charge in [-0.3, -0.25) is 10.1 Å². The summed E-state index contributed by atoms with van der Waals surface area (Å²) in [4.78, 5) is 27.9. The van der Waals surface area contributed by atoms with Gasteiger partial charge in [0.2, 0.25) is 0 Å². The number of nitrogens with one attached hydrogen (secondary N) is 1. The van der Waals surface area contributed by atoms with Crippen molar-refractivity contribution in [2.24, 2.45) is 0 Å². The van der Waals surface area contributed by atoms with Crippen LogP contribution in [0.4, 0.5) is 10.5 Å². The van der Waals surface area contributed by atoms with Crippen LogP contribution >= 0.6 is 0 Å². The summed E-state index contributed by atoms with van der Waals surface area (Å²) >= 11 is 0. The Kier molecular flexibility index (Phi) is 4.15. The van der Waals surface area contributed by atoms with Gasteiger partial charge < -0.3 is 14.3 Å². The van der Waals surface area contributed by atoms with Crippen molar-refractivity contribution in [3.05, 3.63) is 52.8 Å². The number of aromatic nitrogens is 1. The monoisotopic (exact) mass is 326 g/mol. The minimum atomic E-state index is -0.700. The van der Waals surface area contributed by atoms with Gasteiger partial charge in [-0.15, -0.1) is 0 Å². The topological polar surface area (TPSA) is 102 Å². The van der Waals surface area contributed by atoms with E-state index in [0.29, 0.717) is 11.0 Å². The maximum atomic E-state index is 12.2. The molecule has 1 aromatic carbocycles. The Bertz CT molecular complexity index is 965. The second-order valence-corrected chi connectivity index (χ2v) is 4.91. The van der Waals surface area contributed by atoms with Crippen LogP contribution in [-0.4, -0.2) is 22.8 Å². The number of nitrogens with zero attached hydrogens (tertiary/aromatic N) is 1. The van der Waals surface area contributed by atoms with E-state index < -0.39 is 6.09 Å². The second-order valence-electron chi connectivity index (χ2n) is 4.91. The summed E-state index contributed by atoms with van der Waals surface area (Å²) in [7, 11) is 0. The molecule has 0 aliphatic heterocycles. The molecular weight excluding hydrogens is 312 g/mol. The van der Waals surface area contributed by atoms with Gasteiger partial charge in [-0.2, -0.15) is 0 Å². The number of ether oxygens (including phenoxy) is 1. The fraction of sp³-hybridized carbons (Fsp3) is 0.118. The molecule has 0 fully saturated rings.